The number of hydrogen-bond acceptors (Lipinski definition) is 2. The predicted molar refractivity (Wildman–Crippen MR) is 93.5 cm³/mol. The van der Waals surface area contributed by atoms with Gasteiger partial charge in [0.1, 0.15) is 25.4 Å². The van der Waals surface area contributed by atoms with Gasteiger partial charge in [0.15, 0.2) is 0 Å². The molecule has 0 fully saturated rings. The monoisotopic (exact) mass is 295 g/mol. The Balaban J connectivity index is 2.22. The average molecular weight is 295 g/mol. The number of nitrogens with zero attached hydrogens (tertiary/aromatic N) is 2. The van der Waals surface area contributed by atoms with Crippen molar-refractivity contribution >= 4 is 16.7 Å². The van der Waals surface area contributed by atoms with Gasteiger partial charge < -0.3 is 9.32 Å². The maximum Gasteiger partial charge on any atom is 0.203 e. The summed E-state index contributed by atoms with van der Waals surface area (Å²) in [6.07, 6.45) is 0. The summed E-state index contributed by atoms with van der Waals surface area (Å²) >= 11 is 0. The second-order valence-corrected chi connectivity index (χ2v) is 5.76. The zero-order chi connectivity index (χ0) is 15.7. The molecule has 0 amide bonds. The van der Waals surface area contributed by atoms with Crippen LogP contribution in [-0.4, -0.2) is 27.2 Å². The molecule has 114 valence electrons. The van der Waals surface area contributed by atoms with Gasteiger partial charge in [0.05, 0.1) is 6.07 Å². The van der Waals surface area contributed by atoms with E-state index < -0.39 is 0 Å². The van der Waals surface area contributed by atoms with Crippen LogP contribution in [0.1, 0.15) is 13.8 Å². The highest BCUT2D eigenvalue weighted by Crippen LogP contribution is 2.29. The van der Waals surface area contributed by atoms with Crippen LogP contribution in [0.3, 0.4) is 0 Å². The minimum atomic E-state index is 0.926. The Hall–Kier alpha value is -2.29. The lowest BCUT2D eigenvalue weighted by Gasteiger charge is -2.21. The summed E-state index contributed by atoms with van der Waals surface area (Å²) in [7, 11) is 4.08. The highest BCUT2D eigenvalue weighted by Gasteiger charge is 2.10. The van der Waals surface area contributed by atoms with E-state index in [-0.39, 0.29) is 0 Å². The highest BCUT2D eigenvalue weighted by atomic mass is 16.3. The lowest BCUT2D eigenvalue weighted by Crippen LogP contribution is -2.21. The standard InChI is InChI=1S/C19H23N2O/c1-5-21(6-2)17-10-8-15-11-14-7-9-16(20(3)4)12-18(14)22-19(15)13-17/h7-13H,5-6H2,1-4H3/q+1. The Labute approximate surface area is 131 Å². The van der Waals surface area contributed by atoms with Crippen LogP contribution in [0.4, 0.5) is 5.69 Å². The fraction of sp³-hybridized carbons (Fsp3) is 0.316. The molecule has 0 saturated heterocycles. The summed E-state index contributed by atoms with van der Waals surface area (Å²) < 4.78 is 8.25. The van der Waals surface area contributed by atoms with Crippen molar-refractivity contribution in [2.24, 2.45) is 0 Å². The zero-order valence-electron chi connectivity index (χ0n) is 13.8. The van der Waals surface area contributed by atoms with Crippen LogP contribution >= 0.6 is 0 Å². The third-order valence-electron chi connectivity index (χ3n) is 4.17. The summed E-state index contributed by atoms with van der Waals surface area (Å²) in [5, 5.41) is 2.29. The van der Waals surface area contributed by atoms with Crippen molar-refractivity contribution in [3.05, 3.63) is 47.8 Å². The topological polar surface area (TPSA) is 19.4 Å². The smallest absolute Gasteiger partial charge is 0.203 e. The molecule has 1 aromatic rings. The first-order valence-electron chi connectivity index (χ1n) is 7.85. The highest BCUT2D eigenvalue weighted by molar-refractivity contribution is 5.85. The molecular formula is C19H23N2O+. The van der Waals surface area contributed by atoms with Crippen LogP contribution < -0.4 is 14.8 Å². The molecule has 1 aliphatic carbocycles. The van der Waals surface area contributed by atoms with Gasteiger partial charge in [0, 0.05) is 41.9 Å². The summed E-state index contributed by atoms with van der Waals surface area (Å²) in [6.45, 7) is 6.35. The Morgan fingerprint density at radius 3 is 2.41 bits per heavy atom. The average Bonchev–Trinajstić information content (AvgIpc) is 2.53. The maximum absolute atomic E-state index is 6.16. The molecule has 1 aliphatic heterocycles. The number of rotatable bonds is 3. The first-order valence-corrected chi connectivity index (χ1v) is 7.85. The van der Waals surface area contributed by atoms with Gasteiger partial charge in [0.2, 0.25) is 5.36 Å². The Morgan fingerprint density at radius 2 is 1.73 bits per heavy atom. The van der Waals surface area contributed by atoms with E-state index >= 15 is 0 Å². The molecule has 0 radical (unpaired) electrons. The van der Waals surface area contributed by atoms with Gasteiger partial charge in [-0.3, -0.25) is 0 Å². The fourth-order valence-electron chi connectivity index (χ4n) is 2.81. The second kappa shape index (κ2) is 5.84. The summed E-state index contributed by atoms with van der Waals surface area (Å²) in [4.78, 5) is 2.33. The lowest BCUT2D eigenvalue weighted by atomic mass is 10.1. The van der Waals surface area contributed by atoms with Gasteiger partial charge in [0.25, 0.3) is 0 Å². The summed E-state index contributed by atoms with van der Waals surface area (Å²) in [6, 6.07) is 15.0. The van der Waals surface area contributed by atoms with E-state index in [1.807, 2.05) is 14.1 Å². The molecule has 3 nitrogen and oxygen atoms in total. The van der Waals surface area contributed by atoms with Crippen LogP contribution in [-0.2, 0) is 0 Å². The zero-order valence-corrected chi connectivity index (χ0v) is 13.8. The van der Waals surface area contributed by atoms with Gasteiger partial charge in [-0.15, -0.1) is 0 Å². The molecule has 1 aromatic carbocycles. The molecule has 0 spiro atoms. The van der Waals surface area contributed by atoms with Crippen LogP contribution in [0.15, 0.2) is 46.9 Å². The fourth-order valence-corrected chi connectivity index (χ4v) is 2.81. The lowest BCUT2D eigenvalue weighted by molar-refractivity contribution is 0.616. The van der Waals surface area contributed by atoms with Crippen molar-refractivity contribution in [2.75, 3.05) is 32.1 Å². The largest absolute Gasteiger partial charge is 0.456 e. The molecule has 0 atom stereocenters. The van der Waals surface area contributed by atoms with E-state index in [1.54, 1.807) is 0 Å². The number of benzene rings is 2. The Kier molecular flexibility index (Phi) is 3.88. The second-order valence-electron chi connectivity index (χ2n) is 5.76. The van der Waals surface area contributed by atoms with Gasteiger partial charge in [-0.2, -0.15) is 0 Å². The molecule has 0 aromatic heterocycles. The molecule has 3 heteroatoms. The molecular weight excluding hydrogens is 272 g/mol. The predicted octanol–water partition coefficient (Wildman–Crippen LogP) is 3.42. The van der Waals surface area contributed by atoms with Crippen LogP contribution in [0, 0.1) is 0 Å². The van der Waals surface area contributed by atoms with E-state index in [9.17, 15) is 0 Å². The Morgan fingerprint density at radius 1 is 0.955 bits per heavy atom. The van der Waals surface area contributed by atoms with Gasteiger partial charge in [-0.1, -0.05) is 0 Å². The Bertz CT molecular complexity index is 840. The molecule has 1 heterocycles. The van der Waals surface area contributed by atoms with E-state index in [0.29, 0.717) is 0 Å². The molecule has 0 N–H and O–H groups in total. The van der Waals surface area contributed by atoms with E-state index in [0.717, 1.165) is 40.7 Å². The minimum Gasteiger partial charge on any atom is -0.456 e. The molecule has 0 unspecified atom stereocenters. The first-order chi connectivity index (χ1) is 10.6. The van der Waals surface area contributed by atoms with E-state index in [4.69, 9.17) is 4.42 Å². The van der Waals surface area contributed by atoms with E-state index in [2.05, 4.69) is 65.8 Å². The van der Waals surface area contributed by atoms with Crippen molar-refractivity contribution in [2.45, 2.75) is 13.8 Å². The van der Waals surface area contributed by atoms with Crippen LogP contribution in [0.5, 0.6) is 0 Å². The SMILES string of the molecule is CCN(CC)c1ccc2cc3ccc(=[N+](C)C)cc-3oc2c1. The quantitative estimate of drug-likeness (QED) is 0.545. The van der Waals surface area contributed by atoms with Gasteiger partial charge in [-0.25, -0.2) is 4.58 Å². The normalized spacial score (nSPS) is 11.1. The first kappa shape index (κ1) is 14.6. The molecule has 2 aliphatic rings. The number of fused-ring (bicyclic) bond motifs is 2. The van der Waals surface area contributed by atoms with Crippen LogP contribution in [0.2, 0.25) is 0 Å². The third-order valence-corrected chi connectivity index (χ3v) is 4.17. The molecule has 22 heavy (non-hydrogen) atoms. The summed E-state index contributed by atoms with van der Waals surface area (Å²) in [5.41, 5.74) is 3.28. The third kappa shape index (κ3) is 2.59. The van der Waals surface area contributed by atoms with Crippen molar-refractivity contribution < 1.29 is 4.42 Å². The summed E-state index contributed by atoms with van der Waals surface area (Å²) in [5.74, 6) is 0.926. The number of anilines is 1. The van der Waals surface area contributed by atoms with Crippen LogP contribution in [0.25, 0.3) is 22.3 Å². The maximum atomic E-state index is 6.16. The minimum absolute atomic E-state index is 0.926. The van der Waals surface area contributed by atoms with Crippen molar-refractivity contribution in [3.63, 3.8) is 0 Å². The van der Waals surface area contributed by atoms with Gasteiger partial charge >= 0.3 is 0 Å². The molecule has 0 saturated carbocycles. The van der Waals surface area contributed by atoms with Gasteiger partial charge in [-0.05, 0) is 38.1 Å². The van der Waals surface area contributed by atoms with Crippen molar-refractivity contribution in [1.82, 2.24) is 4.58 Å². The van der Waals surface area contributed by atoms with Crippen molar-refractivity contribution in [1.29, 1.82) is 0 Å². The molecule has 0 bridgehead atoms. The number of hydrogen-bond donors (Lipinski definition) is 0. The van der Waals surface area contributed by atoms with E-state index in [1.165, 1.54) is 5.69 Å². The van der Waals surface area contributed by atoms with Crippen molar-refractivity contribution in [3.8, 4) is 11.3 Å². The molecule has 3 rings (SSSR count).